The smallest absolute Gasteiger partial charge is 0.407 e. The molecule has 2 N–H and O–H groups in total. The van der Waals surface area contributed by atoms with Crippen LogP contribution in [0.4, 0.5) is 4.79 Å². The van der Waals surface area contributed by atoms with E-state index in [0.717, 1.165) is 22.3 Å². The molecular formula is C26H31N3O5. The second-order valence-electron chi connectivity index (χ2n) is 9.66. The molecule has 180 valence electrons. The first-order valence-electron chi connectivity index (χ1n) is 11.5. The molecule has 4 rings (SSSR count). The van der Waals surface area contributed by atoms with Gasteiger partial charge in [0.2, 0.25) is 5.91 Å². The molecule has 1 fully saturated rings. The Bertz CT molecular complexity index is 1060. The van der Waals surface area contributed by atoms with Gasteiger partial charge in [-0.3, -0.25) is 9.59 Å². The second-order valence-corrected chi connectivity index (χ2v) is 9.66. The molecule has 2 atom stereocenters. The number of carboxylic acids is 1. The van der Waals surface area contributed by atoms with E-state index in [4.69, 9.17) is 4.74 Å². The number of likely N-dealkylation sites (tertiary alicyclic amines) is 1. The van der Waals surface area contributed by atoms with E-state index in [1.807, 2.05) is 50.5 Å². The van der Waals surface area contributed by atoms with Gasteiger partial charge in [-0.2, -0.15) is 0 Å². The highest BCUT2D eigenvalue weighted by molar-refractivity contribution is 5.87. The lowest BCUT2D eigenvalue weighted by Crippen LogP contribution is -2.53. The van der Waals surface area contributed by atoms with Crippen molar-refractivity contribution in [1.82, 2.24) is 15.1 Å². The van der Waals surface area contributed by atoms with Crippen molar-refractivity contribution < 1.29 is 24.2 Å². The summed E-state index contributed by atoms with van der Waals surface area (Å²) in [5.41, 5.74) is 3.54. The van der Waals surface area contributed by atoms with Gasteiger partial charge in [0.05, 0.1) is 5.41 Å². The molecule has 2 amide bonds. The third kappa shape index (κ3) is 4.63. The van der Waals surface area contributed by atoms with Gasteiger partial charge in [-0.25, -0.2) is 4.79 Å². The lowest BCUT2D eigenvalue weighted by molar-refractivity contribution is -0.147. The molecule has 8 nitrogen and oxygen atoms in total. The number of alkyl carbamates (subject to hydrolysis) is 1. The van der Waals surface area contributed by atoms with Gasteiger partial charge in [0.25, 0.3) is 0 Å². The summed E-state index contributed by atoms with van der Waals surface area (Å²) in [6.07, 6.45) is -0.282. The Balaban J connectivity index is 1.42. The second kappa shape index (κ2) is 9.46. The van der Waals surface area contributed by atoms with Gasteiger partial charge >= 0.3 is 12.1 Å². The first-order valence-corrected chi connectivity index (χ1v) is 11.5. The summed E-state index contributed by atoms with van der Waals surface area (Å²) in [5.74, 6) is -1.29. The topological polar surface area (TPSA) is 99.2 Å². The third-order valence-electron chi connectivity index (χ3n) is 6.78. The van der Waals surface area contributed by atoms with Gasteiger partial charge in [0.15, 0.2) is 0 Å². The molecular weight excluding hydrogens is 434 g/mol. The zero-order valence-electron chi connectivity index (χ0n) is 19.8. The number of hydrogen-bond donors (Lipinski definition) is 2. The van der Waals surface area contributed by atoms with Crippen molar-refractivity contribution in [3.63, 3.8) is 0 Å². The van der Waals surface area contributed by atoms with Crippen molar-refractivity contribution in [2.45, 2.75) is 25.3 Å². The highest BCUT2D eigenvalue weighted by Gasteiger charge is 2.43. The van der Waals surface area contributed by atoms with Crippen molar-refractivity contribution in [1.29, 1.82) is 0 Å². The van der Waals surface area contributed by atoms with Crippen LogP contribution >= 0.6 is 0 Å². The number of likely N-dealkylation sites (N-methyl/N-ethyl adjacent to an activating group) is 1. The zero-order chi connectivity index (χ0) is 24.5. The highest BCUT2D eigenvalue weighted by Crippen LogP contribution is 2.44. The Morgan fingerprint density at radius 2 is 1.71 bits per heavy atom. The van der Waals surface area contributed by atoms with Gasteiger partial charge in [-0.15, -0.1) is 0 Å². The van der Waals surface area contributed by atoms with Gasteiger partial charge in [0, 0.05) is 25.6 Å². The highest BCUT2D eigenvalue weighted by atomic mass is 16.5. The van der Waals surface area contributed by atoms with Crippen LogP contribution in [0.1, 0.15) is 30.4 Å². The number of ether oxygens (including phenoxy) is 1. The quantitative estimate of drug-likeness (QED) is 0.653. The molecule has 0 bridgehead atoms. The number of hydrogen-bond acceptors (Lipinski definition) is 5. The van der Waals surface area contributed by atoms with E-state index in [1.165, 1.54) is 4.90 Å². The van der Waals surface area contributed by atoms with Crippen LogP contribution in [0.25, 0.3) is 11.1 Å². The van der Waals surface area contributed by atoms with Crippen molar-refractivity contribution in [2.75, 3.05) is 40.3 Å². The first-order chi connectivity index (χ1) is 16.2. The Hall–Kier alpha value is -3.39. The molecule has 0 aromatic heterocycles. The van der Waals surface area contributed by atoms with E-state index < -0.39 is 23.5 Å². The minimum atomic E-state index is -0.970. The maximum absolute atomic E-state index is 13.2. The molecule has 1 aliphatic carbocycles. The molecule has 1 aliphatic heterocycles. The lowest BCUT2D eigenvalue weighted by atomic mass is 9.90. The number of aliphatic carboxylic acids is 1. The molecule has 0 saturated carbocycles. The van der Waals surface area contributed by atoms with Gasteiger partial charge in [0.1, 0.15) is 12.6 Å². The van der Waals surface area contributed by atoms with Gasteiger partial charge in [-0.05, 0) is 49.7 Å². The van der Waals surface area contributed by atoms with E-state index >= 15 is 0 Å². The van der Waals surface area contributed by atoms with E-state index in [9.17, 15) is 19.5 Å². The number of fused-ring (bicyclic) bond motifs is 3. The molecule has 1 saturated heterocycles. The number of carbonyl (C=O) groups is 3. The molecule has 0 radical (unpaired) electrons. The molecule has 2 aromatic carbocycles. The number of carboxylic acid groups (broad SMARTS) is 1. The fraction of sp³-hybridized carbons (Fsp3) is 0.423. The first kappa shape index (κ1) is 23.8. The average Bonchev–Trinajstić information content (AvgIpc) is 3.36. The van der Waals surface area contributed by atoms with E-state index in [-0.39, 0.29) is 31.5 Å². The monoisotopic (exact) mass is 465 g/mol. The van der Waals surface area contributed by atoms with Crippen LogP contribution in [0.3, 0.4) is 0 Å². The standard InChI is InChI=1S/C26H31N3O5/c1-26(24(31)32)12-13-29(16-26)23(30)22(14-28(2)3)27-25(33)34-15-21-19-10-6-4-8-17(19)18-9-5-7-11-20(18)21/h4-11,21-22H,12-16H2,1-3H3,(H,27,33)(H,31,32)/t22-,26?/m0/s1. The number of amides is 2. The lowest BCUT2D eigenvalue weighted by Gasteiger charge is -2.27. The van der Waals surface area contributed by atoms with Crippen molar-refractivity contribution in [3.05, 3.63) is 59.7 Å². The maximum atomic E-state index is 13.2. The van der Waals surface area contributed by atoms with Crippen LogP contribution in [0.15, 0.2) is 48.5 Å². The summed E-state index contributed by atoms with van der Waals surface area (Å²) in [6.45, 7) is 2.55. The van der Waals surface area contributed by atoms with E-state index in [0.29, 0.717) is 13.0 Å². The minimum absolute atomic E-state index is 0.0731. The summed E-state index contributed by atoms with van der Waals surface area (Å²) in [5, 5.41) is 12.2. The van der Waals surface area contributed by atoms with Crippen LogP contribution in [0.5, 0.6) is 0 Å². The Kier molecular flexibility index (Phi) is 6.61. The predicted molar refractivity (Wildman–Crippen MR) is 127 cm³/mol. The fourth-order valence-electron chi connectivity index (χ4n) is 4.88. The molecule has 1 unspecified atom stereocenters. The van der Waals surface area contributed by atoms with Crippen molar-refractivity contribution in [2.24, 2.45) is 5.41 Å². The van der Waals surface area contributed by atoms with E-state index in [1.54, 1.807) is 11.8 Å². The van der Waals surface area contributed by atoms with Gasteiger partial charge < -0.3 is 25.0 Å². The average molecular weight is 466 g/mol. The Morgan fingerprint density at radius 3 is 2.24 bits per heavy atom. The van der Waals surface area contributed by atoms with Crippen LogP contribution < -0.4 is 5.32 Å². The number of nitrogens with zero attached hydrogens (tertiary/aromatic N) is 2. The van der Waals surface area contributed by atoms with Gasteiger partial charge in [-0.1, -0.05) is 48.5 Å². The number of rotatable bonds is 7. The molecule has 34 heavy (non-hydrogen) atoms. The molecule has 1 heterocycles. The summed E-state index contributed by atoms with van der Waals surface area (Å²) < 4.78 is 5.61. The normalized spacial score (nSPS) is 20.1. The van der Waals surface area contributed by atoms with Crippen molar-refractivity contribution >= 4 is 18.0 Å². The number of nitrogens with one attached hydrogen (secondary N) is 1. The molecule has 8 heteroatoms. The fourth-order valence-corrected chi connectivity index (χ4v) is 4.88. The molecule has 0 spiro atoms. The summed E-state index contributed by atoms with van der Waals surface area (Å²) in [6, 6.07) is 15.4. The molecule has 2 aromatic rings. The third-order valence-corrected chi connectivity index (χ3v) is 6.78. The summed E-state index contributed by atoms with van der Waals surface area (Å²) in [7, 11) is 3.62. The summed E-state index contributed by atoms with van der Waals surface area (Å²) in [4.78, 5) is 40.8. The van der Waals surface area contributed by atoms with Crippen molar-refractivity contribution in [3.8, 4) is 11.1 Å². The Morgan fingerprint density at radius 1 is 1.12 bits per heavy atom. The van der Waals surface area contributed by atoms with Crippen LogP contribution in [-0.2, 0) is 14.3 Å². The van der Waals surface area contributed by atoms with Crippen LogP contribution in [0.2, 0.25) is 0 Å². The SMILES string of the molecule is CN(C)C[C@H](NC(=O)OCC1c2ccccc2-c2ccccc21)C(=O)N1CCC(C)(C(=O)O)C1. The summed E-state index contributed by atoms with van der Waals surface area (Å²) >= 11 is 0. The predicted octanol–water partition coefficient (Wildman–Crippen LogP) is 2.78. The maximum Gasteiger partial charge on any atom is 0.407 e. The van der Waals surface area contributed by atoms with E-state index in [2.05, 4.69) is 17.4 Å². The number of carbonyl (C=O) groups excluding carboxylic acids is 2. The minimum Gasteiger partial charge on any atom is -0.481 e. The Labute approximate surface area is 199 Å². The zero-order valence-corrected chi connectivity index (χ0v) is 19.8. The molecule has 2 aliphatic rings. The van der Waals surface area contributed by atoms with Crippen LogP contribution in [-0.4, -0.2) is 79.3 Å². The number of benzene rings is 2. The largest absolute Gasteiger partial charge is 0.481 e. The van der Waals surface area contributed by atoms with Crippen LogP contribution in [0, 0.1) is 5.41 Å².